The maximum Gasteiger partial charge on any atom is 0.192 e. The van der Waals surface area contributed by atoms with Gasteiger partial charge < -0.3 is 23.4 Å². The number of rotatable bonds is 6. The molecule has 0 aromatic carbocycles. The summed E-state index contributed by atoms with van der Waals surface area (Å²) < 4.78 is 27.9. The lowest BCUT2D eigenvalue weighted by molar-refractivity contribution is -0.384. The Labute approximate surface area is 219 Å². The summed E-state index contributed by atoms with van der Waals surface area (Å²) in [5.74, 6) is -0.141. The maximum atomic E-state index is 10.4. The Balaban J connectivity index is 2.52. The molecular weight excluding hydrogens is 472 g/mol. The van der Waals surface area contributed by atoms with Gasteiger partial charge in [0, 0.05) is 24.2 Å². The van der Waals surface area contributed by atoms with Crippen LogP contribution >= 0.6 is 0 Å². The second-order valence-electron chi connectivity index (χ2n) is 14.9. The number of hydrogen-bond acceptors (Lipinski definition) is 5. The second kappa shape index (κ2) is 10.4. The zero-order chi connectivity index (χ0) is 27.4. The van der Waals surface area contributed by atoms with E-state index in [0.717, 1.165) is 0 Å². The standard InChI is InChI=1S/C28H58O5Si2/c1-18(2)24-19(3)22(32-34(12,13)26(6,7)8)16-28(31-24)21(5)25(20(4)23(17-29)30-28)33-35(14,15)27(9,10)11/h18-25,29H,16-17H2,1-15H3/t19-,20+,21-,22+,23-,24+,25+,28+/m1/s1. The summed E-state index contributed by atoms with van der Waals surface area (Å²) in [6, 6.07) is 0. The molecule has 208 valence electrons. The highest BCUT2D eigenvalue weighted by molar-refractivity contribution is 6.74. The van der Waals surface area contributed by atoms with Crippen molar-refractivity contribution < 1.29 is 23.4 Å². The average molecular weight is 531 g/mol. The first-order valence-corrected chi connectivity index (χ1v) is 19.7. The molecule has 7 heteroatoms. The Morgan fingerprint density at radius 3 is 1.77 bits per heavy atom. The maximum absolute atomic E-state index is 10.4. The molecule has 0 bridgehead atoms. The molecule has 2 heterocycles. The van der Waals surface area contributed by atoms with E-state index in [-0.39, 0.29) is 58.9 Å². The lowest BCUT2D eigenvalue weighted by Gasteiger charge is -2.59. The molecule has 0 saturated carbocycles. The van der Waals surface area contributed by atoms with Crippen LogP contribution in [0.25, 0.3) is 0 Å². The Bertz CT molecular complexity index is 711. The molecule has 2 rings (SSSR count). The predicted molar refractivity (Wildman–Crippen MR) is 151 cm³/mol. The van der Waals surface area contributed by atoms with Crippen molar-refractivity contribution in [2.45, 2.75) is 149 Å². The summed E-state index contributed by atoms with van der Waals surface area (Å²) in [6.45, 7) is 34.1. The molecule has 0 aromatic rings. The smallest absolute Gasteiger partial charge is 0.192 e. The molecule has 1 spiro atoms. The Morgan fingerprint density at radius 2 is 1.34 bits per heavy atom. The van der Waals surface area contributed by atoms with Crippen molar-refractivity contribution in [3.63, 3.8) is 0 Å². The lowest BCUT2D eigenvalue weighted by atomic mass is 9.74. The average Bonchev–Trinajstić information content (AvgIpc) is 2.68. The van der Waals surface area contributed by atoms with Crippen molar-refractivity contribution in [2.24, 2.45) is 23.7 Å². The summed E-state index contributed by atoms with van der Waals surface area (Å²) in [5.41, 5.74) is 0. The van der Waals surface area contributed by atoms with E-state index in [2.05, 4.69) is 102 Å². The minimum atomic E-state index is -2.05. The van der Waals surface area contributed by atoms with Crippen LogP contribution in [-0.2, 0) is 18.3 Å². The van der Waals surface area contributed by atoms with Crippen LogP contribution in [0.3, 0.4) is 0 Å². The van der Waals surface area contributed by atoms with Gasteiger partial charge in [0.05, 0.1) is 31.0 Å². The van der Waals surface area contributed by atoms with Gasteiger partial charge in [0.15, 0.2) is 22.4 Å². The highest BCUT2D eigenvalue weighted by atomic mass is 28.4. The number of ether oxygens (including phenoxy) is 2. The molecular formula is C28H58O5Si2. The first kappa shape index (κ1) is 31.5. The Hall–Kier alpha value is 0.234. The molecule has 1 N–H and O–H groups in total. The molecule has 2 aliphatic heterocycles. The Kier molecular flexibility index (Phi) is 9.36. The molecule has 0 amide bonds. The quantitative estimate of drug-likeness (QED) is 0.368. The van der Waals surface area contributed by atoms with Crippen molar-refractivity contribution in [1.82, 2.24) is 0 Å². The van der Waals surface area contributed by atoms with Gasteiger partial charge in [-0.2, -0.15) is 0 Å². The molecule has 8 atom stereocenters. The Morgan fingerprint density at radius 1 is 0.857 bits per heavy atom. The zero-order valence-electron chi connectivity index (χ0n) is 25.6. The van der Waals surface area contributed by atoms with Gasteiger partial charge >= 0.3 is 0 Å². The normalized spacial score (nSPS) is 37.8. The number of aliphatic hydroxyl groups excluding tert-OH is 1. The third-order valence-corrected chi connectivity index (χ3v) is 18.9. The van der Waals surface area contributed by atoms with Crippen LogP contribution in [0.4, 0.5) is 0 Å². The SMILES string of the molecule is CC(C)[C@@H]1O[C@]2(C[C@H](O[Si](C)(C)C(C)(C)C)[C@H]1C)O[C@H](CO)[C@H](C)[C@H](O[Si](C)(C)C(C)(C)C)[C@H]2C. The van der Waals surface area contributed by atoms with Gasteiger partial charge in [-0.25, -0.2) is 0 Å². The van der Waals surface area contributed by atoms with E-state index in [9.17, 15) is 5.11 Å². The third kappa shape index (κ3) is 6.28. The topological polar surface area (TPSA) is 57.2 Å². The summed E-state index contributed by atoms with van der Waals surface area (Å²) >= 11 is 0. The van der Waals surface area contributed by atoms with Crippen LogP contribution in [0.15, 0.2) is 0 Å². The first-order valence-electron chi connectivity index (χ1n) is 13.9. The highest BCUT2D eigenvalue weighted by Gasteiger charge is 2.60. The van der Waals surface area contributed by atoms with E-state index in [1.54, 1.807) is 0 Å². The highest BCUT2D eigenvalue weighted by Crippen LogP contribution is 2.52. The van der Waals surface area contributed by atoms with E-state index in [1.165, 1.54) is 0 Å². The third-order valence-electron chi connectivity index (χ3n) is 9.89. The fraction of sp³-hybridized carbons (Fsp3) is 1.00. The van der Waals surface area contributed by atoms with Gasteiger partial charge in [-0.15, -0.1) is 0 Å². The fourth-order valence-corrected chi connectivity index (χ4v) is 8.06. The molecule has 0 aromatic heterocycles. The van der Waals surface area contributed by atoms with Crippen molar-refractivity contribution >= 4 is 16.6 Å². The monoisotopic (exact) mass is 530 g/mol. The number of aliphatic hydroxyl groups is 1. The summed E-state index contributed by atoms with van der Waals surface area (Å²) in [4.78, 5) is 0. The van der Waals surface area contributed by atoms with Gasteiger partial charge in [-0.05, 0) is 42.2 Å². The van der Waals surface area contributed by atoms with E-state index in [4.69, 9.17) is 18.3 Å². The van der Waals surface area contributed by atoms with Gasteiger partial charge in [0.1, 0.15) is 0 Å². The van der Waals surface area contributed by atoms with Gasteiger partial charge in [-0.3, -0.25) is 0 Å². The van der Waals surface area contributed by atoms with Crippen LogP contribution in [0.1, 0.15) is 82.6 Å². The largest absolute Gasteiger partial charge is 0.413 e. The van der Waals surface area contributed by atoms with E-state index < -0.39 is 22.4 Å². The molecule has 2 fully saturated rings. The molecule has 0 aliphatic carbocycles. The van der Waals surface area contributed by atoms with Crippen molar-refractivity contribution in [3.05, 3.63) is 0 Å². The van der Waals surface area contributed by atoms with Crippen LogP contribution in [-0.4, -0.2) is 58.6 Å². The summed E-state index contributed by atoms with van der Waals surface area (Å²) in [6.07, 6.45) is 0.362. The minimum absolute atomic E-state index is 0.0160. The first-order chi connectivity index (χ1) is 15.6. The molecule has 5 nitrogen and oxygen atoms in total. The predicted octanol–water partition coefficient (Wildman–Crippen LogP) is 7.21. The lowest BCUT2D eigenvalue weighted by Crippen LogP contribution is -2.67. The van der Waals surface area contributed by atoms with Crippen LogP contribution < -0.4 is 0 Å². The minimum Gasteiger partial charge on any atom is -0.413 e. The van der Waals surface area contributed by atoms with Gasteiger partial charge in [0.25, 0.3) is 0 Å². The zero-order valence-corrected chi connectivity index (χ0v) is 27.6. The van der Waals surface area contributed by atoms with Crippen LogP contribution in [0, 0.1) is 23.7 Å². The molecule has 2 saturated heterocycles. The molecule has 0 unspecified atom stereocenters. The number of hydrogen-bond donors (Lipinski definition) is 1. The van der Waals surface area contributed by atoms with E-state index >= 15 is 0 Å². The van der Waals surface area contributed by atoms with Crippen molar-refractivity contribution in [3.8, 4) is 0 Å². The van der Waals surface area contributed by atoms with Gasteiger partial charge in [0.2, 0.25) is 0 Å². The van der Waals surface area contributed by atoms with Crippen molar-refractivity contribution in [1.29, 1.82) is 0 Å². The van der Waals surface area contributed by atoms with Gasteiger partial charge in [-0.1, -0.05) is 76.2 Å². The summed E-state index contributed by atoms with van der Waals surface area (Å²) in [7, 11) is -4.05. The van der Waals surface area contributed by atoms with Crippen molar-refractivity contribution in [2.75, 3.05) is 6.61 Å². The molecule has 2 aliphatic rings. The fourth-order valence-electron chi connectivity index (χ4n) is 5.20. The van der Waals surface area contributed by atoms with Crippen LogP contribution in [0.2, 0.25) is 36.3 Å². The van der Waals surface area contributed by atoms with Crippen LogP contribution in [0.5, 0.6) is 0 Å². The molecule has 35 heavy (non-hydrogen) atoms. The summed E-state index contributed by atoms with van der Waals surface area (Å²) in [5, 5.41) is 10.6. The molecule has 0 radical (unpaired) electrons. The van der Waals surface area contributed by atoms with E-state index in [1.807, 2.05) is 0 Å². The van der Waals surface area contributed by atoms with E-state index in [0.29, 0.717) is 12.3 Å². The second-order valence-corrected chi connectivity index (χ2v) is 24.5.